The molecule has 2 N–H and O–H groups in total. The monoisotopic (exact) mass is 428 g/mol. The van der Waals surface area contributed by atoms with Crippen molar-refractivity contribution in [2.24, 2.45) is 0 Å². The number of rotatable bonds is 5. The molecule has 9 heteroatoms. The summed E-state index contributed by atoms with van der Waals surface area (Å²) in [6.45, 7) is 1.78. The van der Waals surface area contributed by atoms with Crippen LogP contribution >= 0.6 is 0 Å². The average molecular weight is 429 g/mol. The van der Waals surface area contributed by atoms with Gasteiger partial charge in [-0.2, -0.15) is 0 Å². The number of urea groups is 1. The molecule has 2 heterocycles. The number of hydrogen-bond donors (Lipinski definition) is 2. The minimum absolute atomic E-state index is 0.0448. The van der Waals surface area contributed by atoms with Gasteiger partial charge in [0.1, 0.15) is 6.04 Å². The van der Waals surface area contributed by atoms with Crippen molar-refractivity contribution in [1.82, 2.24) is 10.2 Å². The second kappa shape index (κ2) is 8.45. The van der Waals surface area contributed by atoms with E-state index in [1.807, 2.05) is 41.3 Å². The summed E-state index contributed by atoms with van der Waals surface area (Å²) in [5, 5.41) is 5.71. The van der Waals surface area contributed by atoms with Gasteiger partial charge < -0.3 is 10.6 Å². The topological polar surface area (TPSA) is 98.8 Å². The number of sulfone groups is 1. The Morgan fingerprint density at radius 3 is 2.40 bits per heavy atom. The highest BCUT2D eigenvalue weighted by Crippen LogP contribution is 2.26. The zero-order valence-electron chi connectivity index (χ0n) is 16.5. The molecule has 30 heavy (non-hydrogen) atoms. The summed E-state index contributed by atoms with van der Waals surface area (Å²) in [7, 11) is -3.05. The third-order valence-corrected chi connectivity index (χ3v) is 7.00. The van der Waals surface area contributed by atoms with Crippen molar-refractivity contribution < 1.29 is 18.0 Å². The van der Waals surface area contributed by atoms with E-state index in [0.29, 0.717) is 37.6 Å². The van der Waals surface area contributed by atoms with Crippen LogP contribution in [0.4, 0.5) is 16.2 Å². The zero-order chi connectivity index (χ0) is 21.1. The Morgan fingerprint density at radius 1 is 1.00 bits per heavy atom. The summed E-state index contributed by atoms with van der Waals surface area (Å²) < 4.78 is 23.7. The maximum absolute atomic E-state index is 13.3. The fourth-order valence-electron chi connectivity index (χ4n) is 3.83. The molecule has 2 aliphatic rings. The third-order valence-electron chi connectivity index (χ3n) is 5.39. The van der Waals surface area contributed by atoms with Gasteiger partial charge in [-0.25, -0.2) is 13.2 Å². The molecule has 0 aromatic heterocycles. The van der Waals surface area contributed by atoms with Crippen LogP contribution in [0.2, 0.25) is 0 Å². The fraction of sp³-hybridized carbons (Fsp3) is 0.333. The van der Waals surface area contributed by atoms with Crippen LogP contribution in [0.3, 0.4) is 0 Å². The second-order valence-corrected chi connectivity index (χ2v) is 9.73. The predicted octanol–water partition coefficient (Wildman–Crippen LogP) is 1.63. The molecular weight excluding hydrogens is 404 g/mol. The normalized spacial score (nSPS) is 19.9. The van der Waals surface area contributed by atoms with E-state index < -0.39 is 15.9 Å². The second-order valence-electron chi connectivity index (χ2n) is 7.42. The molecule has 2 aromatic carbocycles. The number of carbonyl (C=O) groups is 2. The first-order chi connectivity index (χ1) is 14.4. The lowest BCUT2D eigenvalue weighted by atomic mass is 10.0. The molecule has 2 aliphatic heterocycles. The quantitative estimate of drug-likeness (QED) is 0.754. The van der Waals surface area contributed by atoms with Gasteiger partial charge in [-0.05, 0) is 23.8 Å². The summed E-state index contributed by atoms with van der Waals surface area (Å²) in [5.74, 6) is -0.143. The van der Waals surface area contributed by atoms with Crippen molar-refractivity contribution >= 4 is 33.2 Å². The highest BCUT2D eigenvalue weighted by Gasteiger charge is 2.32. The standard InChI is InChI=1S/C21H24N4O4S/c26-20(23-17-7-4-8-18(15-17)25-10-9-22-21(25)27)19(16-5-2-1-3-6-16)24-11-13-30(28,29)14-12-24/h1-8,15,19H,9-14H2,(H,22,27)(H,23,26). The number of carbonyl (C=O) groups excluding carboxylic acids is 2. The van der Waals surface area contributed by atoms with Gasteiger partial charge in [0.15, 0.2) is 9.84 Å². The van der Waals surface area contributed by atoms with Crippen LogP contribution < -0.4 is 15.5 Å². The average Bonchev–Trinajstić information content (AvgIpc) is 3.16. The smallest absolute Gasteiger partial charge is 0.321 e. The number of anilines is 2. The van der Waals surface area contributed by atoms with E-state index in [4.69, 9.17) is 0 Å². The van der Waals surface area contributed by atoms with E-state index in [1.165, 1.54) is 0 Å². The molecule has 0 spiro atoms. The largest absolute Gasteiger partial charge is 0.336 e. The van der Waals surface area contributed by atoms with E-state index in [0.717, 1.165) is 5.56 Å². The number of amides is 3. The summed E-state index contributed by atoms with van der Waals surface area (Å²) in [4.78, 5) is 28.7. The molecule has 0 radical (unpaired) electrons. The minimum atomic E-state index is -3.05. The Balaban J connectivity index is 1.56. The van der Waals surface area contributed by atoms with Crippen molar-refractivity contribution in [3.63, 3.8) is 0 Å². The molecule has 0 aliphatic carbocycles. The Bertz CT molecular complexity index is 1030. The summed E-state index contributed by atoms with van der Waals surface area (Å²) in [6.07, 6.45) is 0. The van der Waals surface area contributed by atoms with E-state index in [9.17, 15) is 18.0 Å². The van der Waals surface area contributed by atoms with Crippen molar-refractivity contribution in [3.8, 4) is 0 Å². The molecule has 0 saturated carbocycles. The Labute approximate surface area is 175 Å². The molecule has 2 fully saturated rings. The highest BCUT2D eigenvalue weighted by molar-refractivity contribution is 7.91. The van der Waals surface area contributed by atoms with Crippen LogP contribution in [0.5, 0.6) is 0 Å². The zero-order valence-corrected chi connectivity index (χ0v) is 17.3. The number of benzene rings is 2. The van der Waals surface area contributed by atoms with Crippen molar-refractivity contribution in [1.29, 1.82) is 0 Å². The van der Waals surface area contributed by atoms with Crippen LogP contribution in [0.15, 0.2) is 54.6 Å². The van der Waals surface area contributed by atoms with Crippen molar-refractivity contribution in [2.75, 3.05) is 47.9 Å². The fourth-order valence-corrected chi connectivity index (χ4v) is 5.06. The van der Waals surface area contributed by atoms with E-state index >= 15 is 0 Å². The number of nitrogens with zero attached hydrogens (tertiary/aromatic N) is 2. The Morgan fingerprint density at radius 2 is 1.73 bits per heavy atom. The van der Waals surface area contributed by atoms with Gasteiger partial charge >= 0.3 is 6.03 Å². The number of nitrogens with one attached hydrogen (secondary N) is 2. The third kappa shape index (κ3) is 4.47. The van der Waals surface area contributed by atoms with Crippen LogP contribution in [-0.2, 0) is 14.6 Å². The van der Waals surface area contributed by atoms with Gasteiger partial charge in [-0.15, -0.1) is 0 Å². The number of hydrogen-bond acceptors (Lipinski definition) is 5. The molecule has 0 bridgehead atoms. The van der Waals surface area contributed by atoms with E-state index in [2.05, 4.69) is 10.6 Å². The Kier molecular flexibility index (Phi) is 5.74. The lowest BCUT2D eigenvalue weighted by Gasteiger charge is -2.33. The highest BCUT2D eigenvalue weighted by atomic mass is 32.2. The SMILES string of the molecule is O=C(Nc1cccc(N2CCNC2=O)c1)C(c1ccccc1)N1CCS(=O)(=O)CC1. The first kappa shape index (κ1) is 20.4. The lowest BCUT2D eigenvalue weighted by molar-refractivity contribution is -0.121. The maximum atomic E-state index is 13.3. The summed E-state index contributed by atoms with van der Waals surface area (Å²) in [6, 6.07) is 15.8. The molecular formula is C21H24N4O4S. The maximum Gasteiger partial charge on any atom is 0.321 e. The summed E-state index contributed by atoms with van der Waals surface area (Å²) in [5.41, 5.74) is 2.11. The molecule has 158 valence electrons. The van der Waals surface area contributed by atoms with Gasteiger partial charge in [0.25, 0.3) is 0 Å². The molecule has 1 unspecified atom stereocenters. The molecule has 2 saturated heterocycles. The van der Waals surface area contributed by atoms with E-state index in [1.54, 1.807) is 23.1 Å². The molecule has 3 amide bonds. The van der Waals surface area contributed by atoms with Gasteiger partial charge in [-0.1, -0.05) is 36.4 Å². The minimum Gasteiger partial charge on any atom is -0.336 e. The van der Waals surface area contributed by atoms with E-state index in [-0.39, 0.29) is 23.4 Å². The molecule has 1 atom stereocenters. The van der Waals surface area contributed by atoms with Crippen LogP contribution in [0.25, 0.3) is 0 Å². The van der Waals surface area contributed by atoms with Crippen LogP contribution in [0, 0.1) is 0 Å². The van der Waals surface area contributed by atoms with Gasteiger partial charge in [0.05, 0.1) is 11.5 Å². The summed E-state index contributed by atoms with van der Waals surface area (Å²) >= 11 is 0. The molecule has 4 rings (SSSR count). The lowest BCUT2D eigenvalue weighted by Crippen LogP contribution is -2.46. The molecule has 2 aromatic rings. The van der Waals surface area contributed by atoms with Crippen LogP contribution in [-0.4, -0.2) is 62.9 Å². The van der Waals surface area contributed by atoms with Gasteiger partial charge in [0, 0.05) is 37.6 Å². The first-order valence-electron chi connectivity index (χ1n) is 9.89. The van der Waals surface area contributed by atoms with Crippen molar-refractivity contribution in [2.45, 2.75) is 6.04 Å². The van der Waals surface area contributed by atoms with Gasteiger partial charge in [0.2, 0.25) is 5.91 Å². The Hall–Kier alpha value is -2.91. The first-order valence-corrected chi connectivity index (χ1v) is 11.7. The van der Waals surface area contributed by atoms with Crippen molar-refractivity contribution in [3.05, 3.63) is 60.2 Å². The molecule has 8 nitrogen and oxygen atoms in total. The predicted molar refractivity (Wildman–Crippen MR) is 115 cm³/mol. The van der Waals surface area contributed by atoms with Crippen LogP contribution in [0.1, 0.15) is 11.6 Å². The van der Waals surface area contributed by atoms with Gasteiger partial charge in [-0.3, -0.25) is 14.6 Å².